The van der Waals surface area contributed by atoms with Crippen LogP contribution in [0, 0.1) is 6.92 Å². The Kier molecular flexibility index (Phi) is 3.67. The molecule has 1 fully saturated rings. The topological polar surface area (TPSA) is 38.2 Å². The largest absolute Gasteiger partial charge is 0.378 e. The molecule has 0 unspecified atom stereocenters. The molecule has 0 radical (unpaired) electrons. The fourth-order valence-electron chi connectivity index (χ4n) is 3.02. The summed E-state index contributed by atoms with van der Waals surface area (Å²) in [5, 5.41) is 11.4. The van der Waals surface area contributed by atoms with Crippen molar-refractivity contribution in [2.24, 2.45) is 0 Å². The number of aryl methyl sites for hydroxylation is 1. The maximum atomic E-state index is 5.45. The fraction of sp³-hybridized carbons (Fsp3) is 0.263. The number of hydrogen-bond acceptors (Lipinski definition) is 4. The van der Waals surface area contributed by atoms with Crippen LogP contribution in [0.4, 0.5) is 5.82 Å². The average Bonchev–Trinajstić information content (AvgIpc) is 2.62. The molecular weight excluding hydrogens is 286 g/mol. The quantitative estimate of drug-likeness (QED) is 0.727. The van der Waals surface area contributed by atoms with Gasteiger partial charge in [0.15, 0.2) is 5.82 Å². The third-order valence-corrected chi connectivity index (χ3v) is 4.30. The second kappa shape index (κ2) is 5.97. The van der Waals surface area contributed by atoms with Crippen LogP contribution in [0.25, 0.3) is 22.0 Å². The summed E-state index contributed by atoms with van der Waals surface area (Å²) in [6.07, 6.45) is 0. The van der Waals surface area contributed by atoms with Crippen molar-refractivity contribution >= 4 is 16.6 Å². The van der Waals surface area contributed by atoms with Crippen LogP contribution in [-0.4, -0.2) is 36.5 Å². The fourth-order valence-corrected chi connectivity index (χ4v) is 3.02. The monoisotopic (exact) mass is 305 g/mol. The molecule has 0 bridgehead atoms. The molecule has 2 heterocycles. The highest BCUT2D eigenvalue weighted by atomic mass is 16.5. The van der Waals surface area contributed by atoms with Gasteiger partial charge in [0.2, 0.25) is 0 Å². The maximum Gasteiger partial charge on any atom is 0.159 e. The van der Waals surface area contributed by atoms with Gasteiger partial charge in [-0.2, -0.15) is 0 Å². The van der Waals surface area contributed by atoms with E-state index in [1.165, 1.54) is 5.56 Å². The van der Waals surface area contributed by atoms with Gasteiger partial charge in [-0.15, -0.1) is 10.2 Å². The van der Waals surface area contributed by atoms with Crippen molar-refractivity contribution < 1.29 is 4.74 Å². The molecule has 0 saturated carbocycles. The molecule has 1 saturated heterocycles. The van der Waals surface area contributed by atoms with Gasteiger partial charge >= 0.3 is 0 Å². The SMILES string of the molecule is Cc1ccc(-c2nnc(N3CCOCC3)c3ccccc23)cc1. The number of ether oxygens (including phenoxy) is 1. The van der Waals surface area contributed by atoms with E-state index in [-0.39, 0.29) is 0 Å². The molecule has 0 aliphatic carbocycles. The minimum Gasteiger partial charge on any atom is -0.378 e. The molecule has 0 spiro atoms. The highest BCUT2D eigenvalue weighted by molar-refractivity contribution is 6.00. The summed E-state index contributed by atoms with van der Waals surface area (Å²) in [6.45, 7) is 5.31. The van der Waals surface area contributed by atoms with Gasteiger partial charge in [-0.3, -0.25) is 0 Å². The third kappa shape index (κ3) is 2.66. The van der Waals surface area contributed by atoms with Gasteiger partial charge in [-0.05, 0) is 6.92 Å². The normalized spacial score (nSPS) is 15.1. The number of benzene rings is 2. The zero-order valence-electron chi connectivity index (χ0n) is 13.2. The van der Waals surface area contributed by atoms with E-state index in [2.05, 4.69) is 70.6 Å². The Bertz CT molecular complexity index is 824. The lowest BCUT2D eigenvalue weighted by atomic mass is 10.0. The van der Waals surface area contributed by atoms with Crippen LogP contribution in [-0.2, 0) is 4.74 Å². The van der Waals surface area contributed by atoms with E-state index in [4.69, 9.17) is 4.74 Å². The molecular formula is C19H19N3O. The van der Waals surface area contributed by atoms with Gasteiger partial charge < -0.3 is 9.64 Å². The summed E-state index contributed by atoms with van der Waals surface area (Å²) >= 11 is 0. The van der Waals surface area contributed by atoms with E-state index >= 15 is 0 Å². The minimum absolute atomic E-state index is 0.746. The second-order valence-corrected chi connectivity index (χ2v) is 5.88. The highest BCUT2D eigenvalue weighted by Crippen LogP contribution is 2.31. The summed E-state index contributed by atoms with van der Waals surface area (Å²) in [5.74, 6) is 0.958. The van der Waals surface area contributed by atoms with Crippen molar-refractivity contribution in [3.05, 3.63) is 54.1 Å². The van der Waals surface area contributed by atoms with Crippen LogP contribution < -0.4 is 4.90 Å². The molecule has 1 aromatic heterocycles. The van der Waals surface area contributed by atoms with E-state index in [1.807, 2.05) is 0 Å². The van der Waals surface area contributed by atoms with Gasteiger partial charge in [0.25, 0.3) is 0 Å². The number of fused-ring (bicyclic) bond motifs is 1. The molecule has 2 aromatic carbocycles. The molecule has 4 heteroatoms. The molecule has 0 N–H and O–H groups in total. The van der Waals surface area contributed by atoms with Crippen molar-refractivity contribution in [3.63, 3.8) is 0 Å². The van der Waals surface area contributed by atoms with Crippen molar-refractivity contribution in [2.45, 2.75) is 6.92 Å². The minimum atomic E-state index is 0.746. The van der Waals surface area contributed by atoms with Crippen molar-refractivity contribution in [2.75, 3.05) is 31.2 Å². The molecule has 1 aliphatic rings. The third-order valence-electron chi connectivity index (χ3n) is 4.30. The number of anilines is 1. The van der Waals surface area contributed by atoms with E-state index in [0.717, 1.165) is 54.2 Å². The number of aromatic nitrogens is 2. The summed E-state index contributed by atoms with van der Waals surface area (Å²) in [5.41, 5.74) is 3.29. The molecule has 3 aromatic rings. The molecule has 0 atom stereocenters. The first kappa shape index (κ1) is 14.2. The number of hydrogen-bond donors (Lipinski definition) is 0. The molecule has 0 amide bonds. The molecule has 4 nitrogen and oxygen atoms in total. The van der Waals surface area contributed by atoms with E-state index in [9.17, 15) is 0 Å². The lowest BCUT2D eigenvalue weighted by Gasteiger charge is -2.28. The second-order valence-electron chi connectivity index (χ2n) is 5.88. The molecule has 4 rings (SSSR count). The zero-order valence-corrected chi connectivity index (χ0v) is 13.2. The Labute approximate surface area is 135 Å². The number of morpholine rings is 1. The highest BCUT2D eigenvalue weighted by Gasteiger charge is 2.18. The molecule has 23 heavy (non-hydrogen) atoms. The van der Waals surface area contributed by atoms with Crippen LogP contribution in [0.2, 0.25) is 0 Å². The first-order chi connectivity index (χ1) is 11.3. The lowest BCUT2D eigenvalue weighted by molar-refractivity contribution is 0.122. The number of rotatable bonds is 2. The van der Waals surface area contributed by atoms with Crippen molar-refractivity contribution in [1.29, 1.82) is 0 Å². The van der Waals surface area contributed by atoms with Crippen molar-refractivity contribution in [1.82, 2.24) is 10.2 Å². The smallest absolute Gasteiger partial charge is 0.159 e. The van der Waals surface area contributed by atoms with Gasteiger partial charge in [0, 0.05) is 29.4 Å². The summed E-state index contributed by atoms with van der Waals surface area (Å²) < 4.78 is 5.45. The Morgan fingerprint density at radius 3 is 2.30 bits per heavy atom. The zero-order chi connectivity index (χ0) is 15.6. The van der Waals surface area contributed by atoms with E-state index < -0.39 is 0 Å². The molecule has 116 valence electrons. The average molecular weight is 305 g/mol. The van der Waals surface area contributed by atoms with E-state index in [0.29, 0.717) is 0 Å². The Morgan fingerprint density at radius 1 is 0.870 bits per heavy atom. The Balaban J connectivity index is 1.86. The van der Waals surface area contributed by atoms with Gasteiger partial charge in [-0.25, -0.2) is 0 Å². The summed E-state index contributed by atoms with van der Waals surface area (Å²) in [4.78, 5) is 2.26. The van der Waals surface area contributed by atoms with Crippen molar-refractivity contribution in [3.8, 4) is 11.3 Å². The number of nitrogens with zero attached hydrogens (tertiary/aromatic N) is 3. The first-order valence-electron chi connectivity index (χ1n) is 7.98. The van der Waals surface area contributed by atoms with Crippen LogP contribution >= 0.6 is 0 Å². The van der Waals surface area contributed by atoms with Gasteiger partial charge in [0.1, 0.15) is 5.69 Å². The summed E-state index contributed by atoms with van der Waals surface area (Å²) in [7, 11) is 0. The Hall–Kier alpha value is -2.46. The predicted molar refractivity (Wildman–Crippen MR) is 92.7 cm³/mol. The van der Waals surface area contributed by atoms with Gasteiger partial charge in [-0.1, -0.05) is 54.1 Å². The lowest BCUT2D eigenvalue weighted by Crippen LogP contribution is -2.37. The standard InChI is InChI=1S/C19H19N3O/c1-14-6-8-15(9-7-14)18-16-4-2-3-5-17(16)19(21-20-18)22-10-12-23-13-11-22/h2-9H,10-13H2,1H3. The van der Waals surface area contributed by atoms with Crippen LogP contribution in [0.1, 0.15) is 5.56 Å². The van der Waals surface area contributed by atoms with E-state index in [1.54, 1.807) is 0 Å². The van der Waals surface area contributed by atoms with Crippen LogP contribution in [0.3, 0.4) is 0 Å². The Morgan fingerprint density at radius 2 is 1.57 bits per heavy atom. The van der Waals surface area contributed by atoms with Crippen LogP contribution in [0.5, 0.6) is 0 Å². The van der Waals surface area contributed by atoms with Gasteiger partial charge in [0.05, 0.1) is 13.2 Å². The maximum absolute atomic E-state index is 5.45. The summed E-state index contributed by atoms with van der Waals surface area (Å²) in [6, 6.07) is 16.8. The first-order valence-corrected chi connectivity index (χ1v) is 7.98. The molecule has 1 aliphatic heterocycles. The predicted octanol–water partition coefficient (Wildman–Crippen LogP) is 3.44. The van der Waals surface area contributed by atoms with Crippen LogP contribution in [0.15, 0.2) is 48.5 Å².